The van der Waals surface area contributed by atoms with Crippen molar-refractivity contribution in [3.8, 4) is 0 Å². The van der Waals surface area contributed by atoms with Gasteiger partial charge in [-0.25, -0.2) is 4.39 Å². The predicted octanol–water partition coefficient (Wildman–Crippen LogP) is 2.71. The van der Waals surface area contributed by atoms with Crippen molar-refractivity contribution in [2.75, 3.05) is 20.6 Å². The Balaban J connectivity index is 1.90. The first-order valence-electron chi connectivity index (χ1n) is 6.67. The second-order valence-electron chi connectivity index (χ2n) is 5.65. The van der Waals surface area contributed by atoms with Gasteiger partial charge in [-0.2, -0.15) is 0 Å². The van der Waals surface area contributed by atoms with E-state index >= 15 is 0 Å². The zero-order valence-electron chi connectivity index (χ0n) is 11.6. The molecule has 2 nitrogen and oxygen atoms in total. The van der Waals surface area contributed by atoms with E-state index in [0.717, 1.165) is 24.2 Å². The van der Waals surface area contributed by atoms with Gasteiger partial charge >= 0.3 is 0 Å². The predicted molar refractivity (Wildman–Crippen MR) is 73.1 cm³/mol. The molecule has 0 saturated heterocycles. The maximum Gasteiger partial charge on any atom is 0.123 e. The van der Waals surface area contributed by atoms with E-state index in [0.29, 0.717) is 5.54 Å². The molecule has 0 amide bonds. The van der Waals surface area contributed by atoms with Gasteiger partial charge in [-0.05, 0) is 63.5 Å². The lowest BCUT2D eigenvalue weighted by Gasteiger charge is -2.47. The smallest absolute Gasteiger partial charge is 0.123 e. The topological polar surface area (TPSA) is 15.3 Å². The van der Waals surface area contributed by atoms with Crippen LogP contribution in [0.5, 0.6) is 0 Å². The molecule has 100 valence electrons. The normalized spacial score (nSPS) is 17.8. The maximum atomic E-state index is 13.2. The molecule has 3 heteroatoms. The average molecular weight is 250 g/mol. The Hall–Kier alpha value is -0.930. The van der Waals surface area contributed by atoms with Gasteiger partial charge in [-0.3, -0.25) is 0 Å². The Morgan fingerprint density at radius 2 is 2.06 bits per heavy atom. The number of aryl methyl sites for hydroxylation is 1. The molecule has 0 bridgehead atoms. The summed E-state index contributed by atoms with van der Waals surface area (Å²) >= 11 is 0. The first kappa shape index (κ1) is 13.5. The third-order valence-corrected chi connectivity index (χ3v) is 4.31. The molecule has 1 aromatic carbocycles. The molecule has 0 heterocycles. The molecule has 1 saturated carbocycles. The van der Waals surface area contributed by atoms with Crippen LogP contribution in [0.4, 0.5) is 4.39 Å². The number of halogens is 1. The van der Waals surface area contributed by atoms with Crippen LogP contribution in [-0.2, 0) is 6.54 Å². The summed E-state index contributed by atoms with van der Waals surface area (Å²) in [5.74, 6) is -0.150. The minimum absolute atomic E-state index is 0.150. The van der Waals surface area contributed by atoms with Crippen molar-refractivity contribution in [1.29, 1.82) is 0 Å². The highest BCUT2D eigenvalue weighted by atomic mass is 19.1. The lowest BCUT2D eigenvalue weighted by molar-refractivity contribution is 0.0598. The number of nitrogens with zero attached hydrogens (tertiary/aromatic N) is 1. The Morgan fingerprint density at radius 1 is 1.33 bits per heavy atom. The highest BCUT2D eigenvalue weighted by Gasteiger charge is 2.38. The minimum atomic E-state index is -0.150. The van der Waals surface area contributed by atoms with Crippen LogP contribution >= 0.6 is 0 Å². The number of likely N-dealkylation sites (N-methyl/N-ethyl adjacent to an activating group) is 1. The lowest BCUT2D eigenvalue weighted by atomic mass is 9.75. The molecule has 1 aliphatic carbocycles. The molecule has 0 spiro atoms. The Bertz CT molecular complexity index is 411. The second-order valence-corrected chi connectivity index (χ2v) is 5.65. The van der Waals surface area contributed by atoms with Crippen molar-refractivity contribution in [3.05, 3.63) is 35.1 Å². The molecular formula is C15H23FN2. The van der Waals surface area contributed by atoms with E-state index in [1.165, 1.54) is 25.3 Å². The van der Waals surface area contributed by atoms with Crippen molar-refractivity contribution in [2.45, 2.75) is 38.3 Å². The van der Waals surface area contributed by atoms with Crippen LogP contribution in [0.1, 0.15) is 30.4 Å². The fraction of sp³-hybridized carbons (Fsp3) is 0.600. The van der Waals surface area contributed by atoms with Crippen molar-refractivity contribution >= 4 is 0 Å². The van der Waals surface area contributed by atoms with Crippen LogP contribution in [0.3, 0.4) is 0 Å². The molecule has 18 heavy (non-hydrogen) atoms. The van der Waals surface area contributed by atoms with Gasteiger partial charge in [0, 0.05) is 18.6 Å². The van der Waals surface area contributed by atoms with Crippen LogP contribution in [0.2, 0.25) is 0 Å². The van der Waals surface area contributed by atoms with E-state index in [1.807, 2.05) is 13.0 Å². The summed E-state index contributed by atoms with van der Waals surface area (Å²) in [6.07, 6.45) is 3.84. The van der Waals surface area contributed by atoms with Crippen molar-refractivity contribution in [3.63, 3.8) is 0 Å². The zero-order chi connectivity index (χ0) is 13.2. The van der Waals surface area contributed by atoms with Gasteiger partial charge in [0.2, 0.25) is 0 Å². The van der Waals surface area contributed by atoms with Crippen molar-refractivity contribution in [1.82, 2.24) is 10.2 Å². The molecule has 1 fully saturated rings. The highest BCUT2D eigenvalue weighted by Crippen LogP contribution is 2.35. The summed E-state index contributed by atoms with van der Waals surface area (Å²) in [4.78, 5) is 2.32. The van der Waals surface area contributed by atoms with Crippen LogP contribution in [-0.4, -0.2) is 31.1 Å². The fourth-order valence-corrected chi connectivity index (χ4v) is 2.63. The first-order chi connectivity index (χ1) is 8.53. The van der Waals surface area contributed by atoms with Gasteiger partial charge in [0.15, 0.2) is 0 Å². The van der Waals surface area contributed by atoms with Gasteiger partial charge in [-0.15, -0.1) is 0 Å². The van der Waals surface area contributed by atoms with Gasteiger partial charge in [-0.1, -0.05) is 6.07 Å². The molecule has 1 N–H and O–H groups in total. The molecule has 0 radical (unpaired) electrons. The van der Waals surface area contributed by atoms with Crippen LogP contribution in [0, 0.1) is 12.7 Å². The van der Waals surface area contributed by atoms with E-state index in [4.69, 9.17) is 0 Å². The van der Waals surface area contributed by atoms with E-state index < -0.39 is 0 Å². The molecule has 1 aromatic rings. The van der Waals surface area contributed by atoms with Crippen molar-refractivity contribution < 1.29 is 4.39 Å². The molecule has 0 atom stereocenters. The fourth-order valence-electron chi connectivity index (χ4n) is 2.63. The van der Waals surface area contributed by atoms with Crippen LogP contribution in [0.15, 0.2) is 18.2 Å². The molecule has 0 aromatic heterocycles. The van der Waals surface area contributed by atoms with E-state index in [-0.39, 0.29) is 5.82 Å². The number of rotatable bonds is 5. The standard InChI is InChI=1S/C15H23FN2/c1-12-5-6-14(16)9-13(12)10-17-11-15(18(2)3)7-4-8-15/h5-6,9,17H,4,7-8,10-11H2,1-3H3. The number of hydrogen-bond acceptors (Lipinski definition) is 2. The largest absolute Gasteiger partial charge is 0.311 e. The summed E-state index contributed by atoms with van der Waals surface area (Å²) in [6, 6.07) is 4.99. The van der Waals surface area contributed by atoms with Gasteiger partial charge in [0.1, 0.15) is 5.82 Å². The third kappa shape index (κ3) is 2.73. The van der Waals surface area contributed by atoms with Gasteiger partial charge in [0.25, 0.3) is 0 Å². The third-order valence-electron chi connectivity index (χ3n) is 4.31. The van der Waals surface area contributed by atoms with E-state index in [2.05, 4.69) is 24.3 Å². The maximum absolute atomic E-state index is 13.2. The summed E-state index contributed by atoms with van der Waals surface area (Å²) in [6.45, 7) is 3.76. The highest BCUT2D eigenvalue weighted by molar-refractivity contribution is 5.26. The number of hydrogen-bond donors (Lipinski definition) is 1. The van der Waals surface area contributed by atoms with Crippen LogP contribution in [0.25, 0.3) is 0 Å². The van der Waals surface area contributed by atoms with Gasteiger partial charge in [0.05, 0.1) is 0 Å². The summed E-state index contributed by atoms with van der Waals surface area (Å²) < 4.78 is 13.2. The Morgan fingerprint density at radius 3 is 2.61 bits per heavy atom. The molecule has 2 rings (SSSR count). The van der Waals surface area contributed by atoms with E-state index in [1.54, 1.807) is 6.07 Å². The SMILES string of the molecule is Cc1ccc(F)cc1CNCC1(N(C)C)CCC1. The quantitative estimate of drug-likeness (QED) is 0.864. The zero-order valence-corrected chi connectivity index (χ0v) is 11.6. The Labute approximate surface area is 109 Å². The minimum Gasteiger partial charge on any atom is -0.311 e. The second kappa shape index (κ2) is 5.37. The molecule has 0 unspecified atom stereocenters. The summed E-state index contributed by atoms with van der Waals surface area (Å²) in [7, 11) is 4.29. The van der Waals surface area contributed by atoms with Crippen molar-refractivity contribution in [2.24, 2.45) is 0 Å². The van der Waals surface area contributed by atoms with Gasteiger partial charge < -0.3 is 10.2 Å². The lowest BCUT2D eigenvalue weighted by Crippen LogP contribution is -2.56. The molecule has 0 aliphatic heterocycles. The summed E-state index contributed by atoms with van der Waals surface area (Å²) in [5.41, 5.74) is 2.53. The van der Waals surface area contributed by atoms with E-state index in [9.17, 15) is 4.39 Å². The Kier molecular flexibility index (Phi) is 4.03. The summed E-state index contributed by atoms with van der Waals surface area (Å²) in [5, 5.41) is 3.49. The first-order valence-corrected chi connectivity index (χ1v) is 6.67. The molecular weight excluding hydrogens is 227 g/mol. The number of nitrogens with one attached hydrogen (secondary N) is 1. The molecule has 1 aliphatic rings. The average Bonchev–Trinajstić information content (AvgIpc) is 2.26. The van der Waals surface area contributed by atoms with Crippen LogP contribution < -0.4 is 5.32 Å². The number of benzene rings is 1. The monoisotopic (exact) mass is 250 g/mol.